The monoisotopic (exact) mass is 221 g/mol. The molecule has 1 aromatic rings. The highest BCUT2D eigenvalue weighted by Gasteiger charge is 1.97. The number of amides is 1. The highest BCUT2D eigenvalue weighted by molar-refractivity contribution is 7.11. The minimum Gasteiger partial charge on any atom is -0.355 e. The first kappa shape index (κ1) is 11.5. The summed E-state index contributed by atoms with van der Waals surface area (Å²) >= 11 is 1.38. The first-order chi connectivity index (χ1) is 7.24. The van der Waals surface area contributed by atoms with E-state index in [0.717, 1.165) is 11.8 Å². The summed E-state index contributed by atoms with van der Waals surface area (Å²) in [5.41, 5.74) is 0.762. The molecule has 0 aromatic carbocycles. The van der Waals surface area contributed by atoms with Gasteiger partial charge in [0.1, 0.15) is 0 Å². The third-order valence-electron chi connectivity index (χ3n) is 1.65. The second-order valence-electron chi connectivity index (χ2n) is 2.85. The predicted octanol–water partition coefficient (Wildman–Crippen LogP) is 1.44. The Morgan fingerprint density at radius 3 is 3.13 bits per heavy atom. The maximum absolute atomic E-state index is 10.6. The van der Waals surface area contributed by atoms with E-state index in [4.69, 9.17) is 0 Å². The van der Waals surface area contributed by atoms with E-state index in [1.54, 1.807) is 0 Å². The Balaban J connectivity index is 2.44. The van der Waals surface area contributed by atoms with Crippen LogP contribution in [0.1, 0.15) is 28.6 Å². The SMILES string of the molecule is CC(=O)NCCC#Cc1ccsc1C=O. The molecule has 0 atom stereocenters. The summed E-state index contributed by atoms with van der Waals surface area (Å²) in [6.45, 7) is 2.01. The molecule has 0 fully saturated rings. The van der Waals surface area contributed by atoms with Gasteiger partial charge in [0.15, 0.2) is 6.29 Å². The van der Waals surface area contributed by atoms with Gasteiger partial charge in [-0.25, -0.2) is 0 Å². The number of thiophene rings is 1. The van der Waals surface area contributed by atoms with Crippen LogP contribution in [0.5, 0.6) is 0 Å². The lowest BCUT2D eigenvalue weighted by Crippen LogP contribution is -2.20. The zero-order valence-electron chi connectivity index (χ0n) is 8.37. The second kappa shape index (κ2) is 5.99. The van der Waals surface area contributed by atoms with Crippen molar-refractivity contribution >= 4 is 23.5 Å². The summed E-state index contributed by atoms with van der Waals surface area (Å²) in [5, 5.41) is 4.48. The van der Waals surface area contributed by atoms with Crippen LogP contribution in [0.2, 0.25) is 0 Å². The molecule has 0 saturated heterocycles. The Morgan fingerprint density at radius 2 is 2.47 bits per heavy atom. The molecule has 0 aliphatic rings. The molecule has 4 heteroatoms. The van der Waals surface area contributed by atoms with Gasteiger partial charge in [0.25, 0.3) is 0 Å². The topological polar surface area (TPSA) is 46.2 Å². The number of hydrogen-bond acceptors (Lipinski definition) is 3. The average molecular weight is 221 g/mol. The van der Waals surface area contributed by atoms with E-state index in [9.17, 15) is 9.59 Å². The van der Waals surface area contributed by atoms with Crippen LogP contribution >= 0.6 is 11.3 Å². The lowest BCUT2D eigenvalue weighted by atomic mass is 10.2. The second-order valence-corrected chi connectivity index (χ2v) is 3.80. The third kappa shape index (κ3) is 3.96. The fourth-order valence-electron chi connectivity index (χ4n) is 0.974. The van der Waals surface area contributed by atoms with E-state index >= 15 is 0 Å². The number of nitrogens with one attached hydrogen (secondary N) is 1. The van der Waals surface area contributed by atoms with Gasteiger partial charge in [-0.05, 0) is 11.4 Å². The van der Waals surface area contributed by atoms with Crippen LogP contribution in [0.15, 0.2) is 11.4 Å². The molecule has 1 rings (SSSR count). The summed E-state index contributed by atoms with van der Waals surface area (Å²) in [5.74, 6) is 5.74. The van der Waals surface area contributed by atoms with E-state index in [1.807, 2.05) is 11.4 Å². The van der Waals surface area contributed by atoms with Crippen molar-refractivity contribution in [3.8, 4) is 11.8 Å². The largest absolute Gasteiger partial charge is 0.355 e. The summed E-state index contributed by atoms with van der Waals surface area (Å²) < 4.78 is 0. The van der Waals surface area contributed by atoms with Crippen LogP contribution in [-0.4, -0.2) is 18.7 Å². The molecule has 0 saturated carbocycles. The number of carbonyl (C=O) groups excluding carboxylic acids is 2. The molecule has 1 heterocycles. The lowest BCUT2D eigenvalue weighted by molar-refractivity contribution is -0.118. The van der Waals surface area contributed by atoms with Crippen molar-refractivity contribution in [1.82, 2.24) is 5.32 Å². The van der Waals surface area contributed by atoms with Gasteiger partial charge in [-0.15, -0.1) is 11.3 Å². The fourth-order valence-corrected chi connectivity index (χ4v) is 1.63. The standard InChI is InChI=1S/C11H11NO2S/c1-9(14)12-6-3-2-4-10-5-7-15-11(10)8-13/h5,7-8H,3,6H2,1H3,(H,12,14). The van der Waals surface area contributed by atoms with Gasteiger partial charge in [0, 0.05) is 25.5 Å². The van der Waals surface area contributed by atoms with E-state index in [2.05, 4.69) is 17.2 Å². The van der Waals surface area contributed by atoms with Crippen LogP contribution < -0.4 is 5.32 Å². The maximum atomic E-state index is 10.6. The Bertz CT molecular complexity index is 412. The van der Waals surface area contributed by atoms with Crippen LogP contribution in [0, 0.1) is 11.8 Å². The number of aldehydes is 1. The molecule has 15 heavy (non-hydrogen) atoms. The average Bonchev–Trinajstić information content (AvgIpc) is 2.64. The summed E-state index contributed by atoms with van der Waals surface area (Å²) in [6, 6.07) is 1.82. The number of carbonyl (C=O) groups is 2. The zero-order valence-corrected chi connectivity index (χ0v) is 9.19. The van der Waals surface area contributed by atoms with Crippen molar-refractivity contribution in [1.29, 1.82) is 0 Å². The Morgan fingerprint density at radius 1 is 1.67 bits per heavy atom. The normalized spacial score (nSPS) is 8.87. The zero-order chi connectivity index (χ0) is 11.1. The van der Waals surface area contributed by atoms with Crippen molar-refractivity contribution in [2.75, 3.05) is 6.54 Å². The van der Waals surface area contributed by atoms with Gasteiger partial charge in [0.05, 0.1) is 4.88 Å². The summed E-state index contributed by atoms with van der Waals surface area (Å²) in [6.07, 6.45) is 1.40. The molecule has 3 nitrogen and oxygen atoms in total. The Labute approximate surface area is 92.5 Å². The first-order valence-electron chi connectivity index (χ1n) is 4.50. The molecular weight excluding hydrogens is 210 g/mol. The molecule has 0 radical (unpaired) electrons. The van der Waals surface area contributed by atoms with Crippen molar-refractivity contribution in [2.45, 2.75) is 13.3 Å². The van der Waals surface area contributed by atoms with Crippen LogP contribution in [0.3, 0.4) is 0 Å². The van der Waals surface area contributed by atoms with Gasteiger partial charge < -0.3 is 5.32 Å². The molecule has 0 aliphatic carbocycles. The van der Waals surface area contributed by atoms with Crippen molar-refractivity contribution in [3.05, 3.63) is 21.9 Å². The molecule has 1 aromatic heterocycles. The minimum atomic E-state index is -0.0547. The Kier molecular flexibility index (Phi) is 4.58. The van der Waals surface area contributed by atoms with Gasteiger partial charge in [-0.1, -0.05) is 11.8 Å². The molecule has 0 spiro atoms. The first-order valence-corrected chi connectivity index (χ1v) is 5.38. The molecule has 0 unspecified atom stereocenters. The molecule has 0 aliphatic heterocycles. The molecule has 1 N–H and O–H groups in total. The summed E-state index contributed by atoms with van der Waals surface area (Å²) in [4.78, 5) is 21.7. The van der Waals surface area contributed by atoms with E-state index in [0.29, 0.717) is 17.8 Å². The molecule has 78 valence electrons. The van der Waals surface area contributed by atoms with Crippen molar-refractivity contribution in [3.63, 3.8) is 0 Å². The van der Waals surface area contributed by atoms with Gasteiger partial charge in [0.2, 0.25) is 5.91 Å². The number of rotatable bonds is 3. The van der Waals surface area contributed by atoms with Gasteiger partial charge in [-0.2, -0.15) is 0 Å². The quantitative estimate of drug-likeness (QED) is 0.477. The minimum absolute atomic E-state index is 0.0547. The van der Waals surface area contributed by atoms with Crippen LogP contribution in [0.25, 0.3) is 0 Å². The lowest BCUT2D eigenvalue weighted by Gasteiger charge is -1.94. The summed E-state index contributed by atoms with van der Waals surface area (Å²) in [7, 11) is 0. The number of hydrogen-bond donors (Lipinski definition) is 1. The smallest absolute Gasteiger partial charge is 0.216 e. The van der Waals surface area contributed by atoms with E-state index in [1.165, 1.54) is 18.3 Å². The predicted molar refractivity (Wildman–Crippen MR) is 59.9 cm³/mol. The fraction of sp³-hybridized carbons (Fsp3) is 0.273. The highest BCUT2D eigenvalue weighted by Crippen LogP contribution is 2.12. The van der Waals surface area contributed by atoms with Gasteiger partial charge >= 0.3 is 0 Å². The molecule has 1 amide bonds. The maximum Gasteiger partial charge on any atom is 0.216 e. The van der Waals surface area contributed by atoms with Gasteiger partial charge in [-0.3, -0.25) is 9.59 Å². The molecular formula is C11H11NO2S. The Hall–Kier alpha value is -1.60. The van der Waals surface area contributed by atoms with Crippen LogP contribution in [-0.2, 0) is 4.79 Å². The highest BCUT2D eigenvalue weighted by atomic mass is 32.1. The van der Waals surface area contributed by atoms with Crippen molar-refractivity contribution in [2.24, 2.45) is 0 Å². The third-order valence-corrected chi connectivity index (χ3v) is 2.49. The van der Waals surface area contributed by atoms with Crippen LogP contribution in [0.4, 0.5) is 0 Å². The van der Waals surface area contributed by atoms with E-state index in [-0.39, 0.29) is 5.91 Å². The van der Waals surface area contributed by atoms with E-state index < -0.39 is 0 Å². The van der Waals surface area contributed by atoms with Crippen molar-refractivity contribution < 1.29 is 9.59 Å². The molecule has 0 bridgehead atoms.